The third-order valence-corrected chi connectivity index (χ3v) is 5.36. The van der Waals surface area contributed by atoms with Crippen molar-refractivity contribution >= 4 is 27.6 Å². The summed E-state index contributed by atoms with van der Waals surface area (Å²) in [7, 11) is -3.82. The highest BCUT2D eigenvalue weighted by molar-refractivity contribution is 7.89. The van der Waals surface area contributed by atoms with Gasteiger partial charge in [-0.2, -0.15) is 4.31 Å². The van der Waals surface area contributed by atoms with Gasteiger partial charge in [0, 0.05) is 13.1 Å². The van der Waals surface area contributed by atoms with Crippen LogP contribution < -0.4 is 0 Å². The quantitative estimate of drug-likeness (QED) is 0.872. The maximum atomic E-state index is 12.4. The molecule has 6 nitrogen and oxygen atoms in total. The summed E-state index contributed by atoms with van der Waals surface area (Å²) in [5, 5.41) is 18.5. The van der Waals surface area contributed by atoms with Crippen molar-refractivity contribution < 1.29 is 23.4 Å². The first kappa shape index (κ1) is 15.2. The molecule has 0 aromatic heterocycles. The number of carboxylic acid groups (broad SMARTS) is 1. The molecule has 1 aliphatic heterocycles. The lowest BCUT2D eigenvalue weighted by Crippen LogP contribution is -2.42. The number of nitrogens with zero attached hydrogens (tertiary/aromatic N) is 1. The van der Waals surface area contributed by atoms with Gasteiger partial charge in [0.15, 0.2) is 0 Å². The number of carboxylic acids is 1. The number of hydrogen-bond acceptors (Lipinski definition) is 4. The van der Waals surface area contributed by atoms with Crippen LogP contribution in [0, 0.1) is 0 Å². The Morgan fingerprint density at radius 3 is 2.70 bits per heavy atom. The minimum atomic E-state index is -3.82. The van der Waals surface area contributed by atoms with Crippen LogP contribution in [0.3, 0.4) is 0 Å². The molecule has 20 heavy (non-hydrogen) atoms. The van der Waals surface area contributed by atoms with E-state index in [1.54, 1.807) is 0 Å². The maximum Gasteiger partial charge on any atom is 0.337 e. The highest BCUT2D eigenvalue weighted by atomic mass is 35.5. The van der Waals surface area contributed by atoms with Crippen LogP contribution in [0.5, 0.6) is 0 Å². The number of rotatable bonds is 3. The molecule has 0 aliphatic carbocycles. The molecule has 0 spiro atoms. The highest BCUT2D eigenvalue weighted by Crippen LogP contribution is 2.25. The molecule has 1 aromatic carbocycles. The van der Waals surface area contributed by atoms with Crippen molar-refractivity contribution in [2.24, 2.45) is 0 Å². The van der Waals surface area contributed by atoms with E-state index in [4.69, 9.17) is 16.7 Å². The summed E-state index contributed by atoms with van der Waals surface area (Å²) in [4.78, 5) is 10.9. The zero-order valence-corrected chi connectivity index (χ0v) is 12.1. The molecule has 1 aliphatic rings. The van der Waals surface area contributed by atoms with E-state index in [9.17, 15) is 18.3 Å². The van der Waals surface area contributed by atoms with Crippen LogP contribution in [-0.2, 0) is 10.0 Å². The zero-order valence-electron chi connectivity index (χ0n) is 10.5. The summed E-state index contributed by atoms with van der Waals surface area (Å²) in [6.45, 7) is 0.331. The van der Waals surface area contributed by atoms with Crippen LogP contribution in [-0.4, -0.2) is 48.1 Å². The summed E-state index contributed by atoms with van der Waals surface area (Å²) in [5.74, 6) is -1.29. The first-order valence-corrected chi connectivity index (χ1v) is 7.85. The Labute approximate surface area is 121 Å². The Hall–Kier alpha value is -1.15. The van der Waals surface area contributed by atoms with Gasteiger partial charge < -0.3 is 10.2 Å². The van der Waals surface area contributed by atoms with E-state index in [-0.39, 0.29) is 22.0 Å². The summed E-state index contributed by atoms with van der Waals surface area (Å²) < 4.78 is 26.0. The topological polar surface area (TPSA) is 94.9 Å². The van der Waals surface area contributed by atoms with Crippen molar-refractivity contribution in [1.29, 1.82) is 0 Å². The molecule has 1 heterocycles. The van der Waals surface area contributed by atoms with E-state index < -0.39 is 22.1 Å². The number of halogens is 1. The number of piperidine rings is 1. The van der Waals surface area contributed by atoms with E-state index in [2.05, 4.69) is 0 Å². The molecular formula is C12H14ClNO5S. The number of sulfonamides is 1. The number of hydrogen-bond donors (Lipinski definition) is 2. The van der Waals surface area contributed by atoms with Crippen molar-refractivity contribution in [3.05, 3.63) is 28.8 Å². The Bertz CT molecular complexity index is 631. The normalized spacial score (nSPS) is 20.8. The van der Waals surface area contributed by atoms with E-state index in [1.165, 1.54) is 12.1 Å². The zero-order chi connectivity index (χ0) is 14.9. The van der Waals surface area contributed by atoms with E-state index in [0.29, 0.717) is 19.4 Å². The van der Waals surface area contributed by atoms with Crippen molar-refractivity contribution in [2.45, 2.75) is 23.8 Å². The second-order valence-electron chi connectivity index (χ2n) is 4.61. The largest absolute Gasteiger partial charge is 0.478 e. The molecule has 1 saturated heterocycles. The van der Waals surface area contributed by atoms with Gasteiger partial charge in [-0.3, -0.25) is 0 Å². The second kappa shape index (κ2) is 5.69. The van der Waals surface area contributed by atoms with Gasteiger partial charge >= 0.3 is 5.97 Å². The molecule has 2 N–H and O–H groups in total. The third-order valence-electron chi connectivity index (χ3n) is 3.17. The minimum absolute atomic E-state index is 0.0184. The first-order valence-electron chi connectivity index (χ1n) is 6.03. The summed E-state index contributed by atoms with van der Waals surface area (Å²) in [6, 6.07) is 3.56. The average molecular weight is 320 g/mol. The van der Waals surface area contributed by atoms with Gasteiger partial charge in [-0.25, -0.2) is 13.2 Å². The first-order chi connectivity index (χ1) is 9.32. The molecule has 1 fully saturated rings. The Balaban J connectivity index is 2.39. The molecule has 2 rings (SSSR count). The Morgan fingerprint density at radius 2 is 2.10 bits per heavy atom. The molecule has 8 heteroatoms. The van der Waals surface area contributed by atoms with E-state index in [0.717, 1.165) is 10.4 Å². The molecular weight excluding hydrogens is 306 g/mol. The monoisotopic (exact) mass is 319 g/mol. The molecule has 1 aromatic rings. The van der Waals surface area contributed by atoms with E-state index >= 15 is 0 Å². The number of benzene rings is 1. The molecule has 0 saturated carbocycles. The van der Waals surface area contributed by atoms with Crippen LogP contribution in [0.4, 0.5) is 0 Å². The molecule has 0 amide bonds. The van der Waals surface area contributed by atoms with Crippen molar-refractivity contribution in [3.63, 3.8) is 0 Å². The third kappa shape index (κ3) is 2.95. The molecule has 110 valence electrons. The van der Waals surface area contributed by atoms with Crippen LogP contribution in [0.1, 0.15) is 23.2 Å². The number of aliphatic hydroxyl groups excluding tert-OH is 1. The maximum absolute atomic E-state index is 12.4. The predicted molar refractivity (Wildman–Crippen MR) is 72.4 cm³/mol. The summed E-state index contributed by atoms with van der Waals surface area (Å²) in [5.41, 5.74) is -0.259. The Morgan fingerprint density at radius 1 is 1.40 bits per heavy atom. The summed E-state index contributed by atoms with van der Waals surface area (Å²) in [6.07, 6.45) is 0.442. The van der Waals surface area contributed by atoms with E-state index in [1.807, 2.05) is 0 Å². The fourth-order valence-electron chi connectivity index (χ4n) is 2.12. The van der Waals surface area contributed by atoms with Crippen LogP contribution in [0.2, 0.25) is 5.02 Å². The lowest BCUT2D eigenvalue weighted by Gasteiger charge is -2.29. The Kier molecular flexibility index (Phi) is 4.33. The van der Waals surface area contributed by atoms with Crippen molar-refractivity contribution in [3.8, 4) is 0 Å². The summed E-state index contributed by atoms with van der Waals surface area (Å²) >= 11 is 5.72. The number of aliphatic hydroxyl groups is 1. The van der Waals surface area contributed by atoms with Gasteiger partial charge in [0.05, 0.1) is 21.6 Å². The molecule has 1 unspecified atom stereocenters. The minimum Gasteiger partial charge on any atom is -0.478 e. The van der Waals surface area contributed by atoms with Gasteiger partial charge in [0.1, 0.15) is 0 Å². The lowest BCUT2D eigenvalue weighted by atomic mass is 10.1. The SMILES string of the molecule is O=C(O)c1cc(S(=O)(=O)N2CCCC(O)C2)ccc1Cl. The average Bonchev–Trinajstić information content (AvgIpc) is 2.38. The predicted octanol–water partition coefficient (Wildman–Crippen LogP) is 1.18. The van der Waals surface area contributed by atoms with Gasteiger partial charge in [0.25, 0.3) is 0 Å². The van der Waals surface area contributed by atoms with Crippen molar-refractivity contribution in [1.82, 2.24) is 4.31 Å². The number of carbonyl (C=O) groups is 1. The second-order valence-corrected chi connectivity index (χ2v) is 6.95. The van der Waals surface area contributed by atoms with Gasteiger partial charge in [-0.05, 0) is 31.0 Å². The molecule has 0 radical (unpaired) electrons. The highest BCUT2D eigenvalue weighted by Gasteiger charge is 2.30. The van der Waals surface area contributed by atoms with Gasteiger partial charge in [0.2, 0.25) is 10.0 Å². The molecule has 1 atom stereocenters. The van der Waals surface area contributed by atoms with Crippen LogP contribution in [0.25, 0.3) is 0 Å². The molecule has 0 bridgehead atoms. The standard InChI is InChI=1S/C12H14ClNO5S/c13-11-4-3-9(6-10(11)12(16)17)20(18,19)14-5-1-2-8(15)7-14/h3-4,6,8,15H,1-2,5,7H2,(H,16,17). The van der Waals surface area contributed by atoms with Crippen LogP contribution >= 0.6 is 11.6 Å². The van der Waals surface area contributed by atoms with Gasteiger partial charge in [-0.1, -0.05) is 11.6 Å². The lowest BCUT2D eigenvalue weighted by molar-refractivity contribution is 0.0696. The van der Waals surface area contributed by atoms with Crippen molar-refractivity contribution in [2.75, 3.05) is 13.1 Å². The van der Waals surface area contributed by atoms with Gasteiger partial charge in [-0.15, -0.1) is 0 Å². The fourth-order valence-corrected chi connectivity index (χ4v) is 3.86. The number of aromatic carboxylic acids is 1. The smallest absolute Gasteiger partial charge is 0.337 e. The van der Waals surface area contributed by atoms with Crippen LogP contribution in [0.15, 0.2) is 23.1 Å². The fraction of sp³-hybridized carbons (Fsp3) is 0.417. The number of β-amino-alcohol motifs (C(OH)–C–C–N with tert-alkyl or cyclic N) is 1.